The fourth-order valence-corrected chi connectivity index (χ4v) is 2.11. The highest BCUT2D eigenvalue weighted by molar-refractivity contribution is 6.01. The normalized spacial score (nSPS) is 10.3. The third-order valence-electron chi connectivity index (χ3n) is 3.02. The summed E-state index contributed by atoms with van der Waals surface area (Å²) < 4.78 is 0. The lowest BCUT2D eigenvalue weighted by atomic mass is 9.97. The standard InChI is InChI=1S/C16H18N2/c1-2-5-12-8-10-13(11-9-12)14-6-3-4-7-15(14)16(17)18/h3-4,6-11H,2,5H2,1H3,(H3,17,18). The second-order valence-electron chi connectivity index (χ2n) is 4.41. The lowest BCUT2D eigenvalue weighted by Crippen LogP contribution is -2.12. The van der Waals surface area contributed by atoms with Crippen LogP contribution in [0.5, 0.6) is 0 Å². The minimum Gasteiger partial charge on any atom is -0.384 e. The van der Waals surface area contributed by atoms with Crippen LogP contribution in [-0.4, -0.2) is 5.84 Å². The Hall–Kier alpha value is -2.09. The van der Waals surface area contributed by atoms with E-state index in [2.05, 4.69) is 31.2 Å². The molecule has 0 fully saturated rings. The van der Waals surface area contributed by atoms with E-state index in [0.717, 1.165) is 29.5 Å². The molecule has 0 saturated carbocycles. The predicted octanol–water partition coefficient (Wildman–Crippen LogP) is 3.59. The van der Waals surface area contributed by atoms with Crippen LogP contribution in [0.3, 0.4) is 0 Å². The summed E-state index contributed by atoms with van der Waals surface area (Å²) in [5.74, 6) is 0.114. The van der Waals surface area contributed by atoms with Gasteiger partial charge in [0, 0.05) is 5.56 Å². The van der Waals surface area contributed by atoms with Crippen molar-refractivity contribution in [1.82, 2.24) is 0 Å². The molecule has 0 heterocycles. The average Bonchev–Trinajstić information content (AvgIpc) is 2.40. The monoisotopic (exact) mass is 238 g/mol. The van der Waals surface area contributed by atoms with E-state index in [-0.39, 0.29) is 5.84 Å². The fourth-order valence-electron chi connectivity index (χ4n) is 2.11. The first kappa shape index (κ1) is 12.4. The number of hydrogen-bond acceptors (Lipinski definition) is 1. The Morgan fingerprint density at radius 1 is 1.06 bits per heavy atom. The first-order valence-electron chi connectivity index (χ1n) is 6.25. The van der Waals surface area contributed by atoms with Gasteiger partial charge in [0.05, 0.1) is 0 Å². The number of nitrogens with one attached hydrogen (secondary N) is 1. The van der Waals surface area contributed by atoms with Gasteiger partial charge in [0.25, 0.3) is 0 Å². The van der Waals surface area contributed by atoms with E-state index in [0.29, 0.717) is 0 Å². The molecule has 0 unspecified atom stereocenters. The van der Waals surface area contributed by atoms with E-state index in [4.69, 9.17) is 11.1 Å². The number of nitrogen functional groups attached to an aromatic ring is 1. The molecule has 18 heavy (non-hydrogen) atoms. The van der Waals surface area contributed by atoms with Gasteiger partial charge < -0.3 is 5.73 Å². The molecule has 92 valence electrons. The van der Waals surface area contributed by atoms with Gasteiger partial charge in [0.15, 0.2) is 0 Å². The second-order valence-corrected chi connectivity index (χ2v) is 4.41. The molecule has 2 aromatic carbocycles. The van der Waals surface area contributed by atoms with Crippen LogP contribution in [0.25, 0.3) is 11.1 Å². The lowest BCUT2D eigenvalue weighted by molar-refractivity contribution is 0.922. The SMILES string of the molecule is CCCc1ccc(-c2ccccc2C(=N)N)cc1. The number of amidine groups is 1. The molecule has 2 nitrogen and oxygen atoms in total. The number of rotatable bonds is 4. The largest absolute Gasteiger partial charge is 0.384 e. The van der Waals surface area contributed by atoms with Gasteiger partial charge in [0.1, 0.15) is 5.84 Å². The van der Waals surface area contributed by atoms with Crippen molar-refractivity contribution < 1.29 is 0 Å². The maximum absolute atomic E-state index is 7.61. The lowest BCUT2D eigenvalue weighted by Gasteiger charge is -2.09. The molecule has 0 aliphatic heterocycles. The molecule has 0 spiro atoms. The van der Waals surface area contributed by atoms with E-state index in [1.807, 2.05) is 24.3 Å². The minimum absolute atomic E-state index is 0.114. The van der Waals surface area contributed by atoms with Gasteiger partial charge in [-0.15, -0.1) is 0 Å². The Kier molecular flexibility index (Phi) is 3.78. The highest BCUT2D eigenvalue weighted by Crippen LogP contribution is 2.24. The van der Waals surface area contributed by atoms with Crippen molar-refractivity contribution in [2.24, 2.45) is 5.73 Å². The third-order valence-corrected chi connectivity index (χ3v) is 3.02. The molecule has 0 aliphatic carbocycles. The summed E-state index contributed by atoms with van der Waals surface area (Å²) >= 11 is 0. The summed E-state index contributed by atoms with van der Waals surface area (Å²) in [5.41, 5.74) is 9.89. The van der Waals surface area contributed by atoms with Crippen molar-refractivity contribution >= 4 is 5.84 Å². The summed E-state index contributed by atoms with van der Waals surface area (Å²) in [4.78, 5) is 0. The van der Waals surface area contributed by atoms with Crippen LogP contribution in [0.4, 0.5) is 0 Å². The molecule has 2 aromatic rings. The van der Waals surface area contributed by atoms with Crippen molar-refractivity contribution in [3.63, 3.8) is 0 Å². The molecule has 0 atom stereocenters. The van der Waals surface area contributed by atoms with Crippen LogP contribution in [0.15, 0.2) is 48.5 Å². The molecule has 0 bridgehead atoms. The first-order chi connectivity index (χ1) is 8.72. The van der Waals surface area contributed by atoms with Crippen molar-refractivity contribution in [2.45, 2.75) is 19.8 Å². The fraction of sp³-hybridized carbons (Fsp3) is 0.188. The zero-order chi connectivity index (χ0) is 13.0. The van der Waals surface area contributed by atoms with Crippen LogP contribution >= 0.6 is 0 Å². The van der Waals surface area contributed by atoms with Crippen LogP contribution in [0.1, 0.15) is 24.5 Å². The van der Waals surface area contributed by atoms with Crippen molar-refractivity contribution in [2.75, 3.05) is 0 Å². The minimum atomic E-state index is 0.114. The van der Waals surface area contributed by atoms with Crippen LogP contribution in [0.2, 0.25) is 0 Å². The van der Waals surface area contributed by atoms with Crippen LogP contribution in [0, 0.1) is 5.41 Å². The summed E-state index contributed by atoms with van der Waals surface area (Å²) in [6.07, 6.45) is 2.26. The summed E-state index contributed by atoms with van der Waals surface area (Å²) in [6.45, 7) is 2.18. The third kappa shape index (κ3) is 2.59. The van der Waals surface area contributed by atoms with E-state index in [1.54, 1.807) is 0 Å². The second kappa shape index (κ2) is 5.50. The van der Waals surface area contributed by atoms with Gasteiger partial charge in [-0.25, -0.2) is 0 Å². The number of aryl methyl sites for hydroxylation is 1. The van der Waals surface area contributed by atoms with Gasteiger partial charge in [-0.3, -0.25) is 5.41 Å². The van der Waals surface area contributed by atoms with Crippen LogP contribution in [-0.2, 0) is 6.42 Å². The van der Waals surface area contributed by atoms with Gasteiger partial charge in [-0.05, 0) is 23.1 Å². The summed E-state index contributed by atoms with van der Waals surface area (Å²) in [7, 11) is 0. The van der Waals surface area contributed by atoms with Gasteiger partial charge in [0.2, 0.25) is 0 Å². The predicted molar refractivity (Wildman–Crippen MR) is 76.9 cm³/mol. The quantitative estimate of drug-likeness (QED) is 0.620. The molecule has 0 amide bonds. The molecule has 2 heteroatoms. The summed E-state index contributed by atoms with van der Waals surface area (Å²) in [6, 6.07) is 16.3. The van der Waals surface area contributed by atoms with E-state index in [9.17, 15) is 0 Å². The number of benzene rings is 2. The molecule has 2 rings (SSSR count). The average molecular weight is 238 g/mol. The molecule has 0 aromatic heterocycles. The Bertz CT molecular complexity index is 541. The molecule has 0 aliphatic rings. The Morgan fingerprint density at radius 3 is 2.33 bits per heavy atom. The smallest absolute Gasteiger partial charge is 0.123 e. The topological polar surface area (TPSA) is 49.9 Å². The highest BCUT2D eigenvalue weighted by Gasteiger charge is 2.06. The molecular weight excluding hydrogens is 220 g/mol. The van der Waals surface area contributed by atoms with Crippen molar-refractivity contribution in [3.8, 4) is 11.1 Å². The Morgan fingerprint density at radius 2 is 1.72 bits per heavy atom. The first-order valence-corrected chi connectivity index (χ1v) is 6.25. The van der Waals surface area contributed by atoms with E-state index in [1.165, 1.54) is 5.56 Å². The van der Waals surface area contributed by atoms with Gasteiger partial charge in [-0.1, -0.05) is 61.9 Å². The summed E-state index contributed by atoms with van der Waals surface area (Å²) in [5, 5.41) is 7.61. The zero-order valence-electron chi connectivity index (χ0n) is 10.6. The maximum Gasteiger partial charge on any atom is 0.123 e. The highest BCUT2D eigenvalue weighted by atomic mass is 14.7. The van der Waals surface area contributed by atoms with Gasteiger partial charge in [-0.2, -0.15) is 0 Å². The van der Waals surface area contributed by atoms with Crippen molar-refractivity contribution in [1.29, 1.82) is 5.41 Å². The van der Waals surface area contributed by atoms with Gasteiger partial charge >= 0.3 is 0 Å². The number of hydrogen-bond donors (Lipinski definition) is 2. The Labute approximate surface area is 108 Å². The van der Waals surface area contributed by atoms with E-state index >= 15 is 0 Å². The molecule has 0 saturated heterocycles. The van der Waals surface area contributed by atoms with Crippen molar-refractivity contribution in [3.05, 3.63) is 59.7 Å². The Balaban J connectivity index is 2.39. The maximum atomic E-state index is 7.61. The molecule has 3 N–H and O–H groups in total. The van der Waals surface area contributed by atoms with Crippen LogP contribution < -0.4 is 5.73 Å². The molecule has 0 radical (unpaired) electrons. The number of nitrogens with two attached hydrogens (primary N) is 1. The zero-order valence-corrected chi connectivity index (χ0v) is 10.6. The molecular formula is C16H18N2. The van der Waals surface area contributed by atoms with E-state index < -0.39 is 0 Å².